The number of rotatable bonds is 5. The topological polar surface area (TPSA) is 98.7 Å². The van der Waals surface area contributed by atoms with Crippen LogP contribution in [0.4, 0.5) is 0 Å². The van der Waals surface area contributed by atoms with E-state index in [9.17, 15) is 14.4 Å². The number of nitrogens with one attached hydrogen (secondary N) is 2. The van der Waals surface area contributed by atoms with Gasteiger partial charge in [-0.3, -0.25) is 19.7 Å². The van der Waals surface area contributed by atoms with Gasteiger partial charge >= 0.3 is 5.97 Å². The Morgan fingerprint density at radius 3 is 2.61 bits per heavy atom. The number of amides is 2. The molecule has 0 radical (unpaired) electrons. The molecule has 0 aromatic heterocycles. The van der Waals surface area contributed by atoms with Gasteiger partial charge in [0, 0.05) is 19.1 Å². The molecule has 0 spiro atoms. The Morgan fingerprint density at radius 1 is 1.50 bits per heavy atom. The van der Waals surface area contributed by atoms with Crippen molar-refractivity contribution in [1.29, 1.82) is 0 Å². The van der Waals surface area contributed by atoms with Gasteiger partial charge in [0.05, 0.1) is 13.0 Å². The molecule has 1 atom stereocenters. The van der Waals surface area contributed by atoms with Crippen LogP contribution in [0.3, 0.4) is 0 Å². The van der Waals surface area contributed by atoms with Crippen molar-refractivity contribution in [3.05, 3.63) is 0 Å². The first-order chi connectivity index (χ1) is 8.41. The summed E-state index contributed by atoms with van der Waals surface area (Å²) in [4.78, 5) is 35.2. The molecule has 7 heteroatoms. The number of carbonyl (C=O) groups is 3. The number of carboxylic acids is 1. The van der Waals surface area contributed by atoms with Crippen LogP contribution in [-0.2, 0) is 14.4 Å². The molecule has 1 fully saturated rings. The standard InChI is InChI=1S/C11H19N3O4/c1-7(2)14(4-3-10(16)17)11(18)8-5-13-9(15)6-12-8/h7-8,12H,3-6H2,1-2H3,(H,13,15)(H,16,17). The van der Waals surface area contributed by atoms with Crippen molar-refractivity contribution in [2.75, 3.05) is 19.6 Å². The average Bonchev–Trinajstić information content (AvgIpc) is 2.29. The monoisotopic (exact) mass is 257 g/mol. The van der Waals surface area contributed by atoms with Crippen LogP contribution < -0.4 is 10.6 Å². The molecular formula is C11H19N3O4. The fourth-order valence-corrected chi connectivity index (χ4v) is 1.78. The van der Waals surface area contributed by atoms with Crippen LogP contribution in [-0.4, -0.2) is 59.5 Å². The minimum absolute atomic E-state index is 0.0729. The maximum absolute atomic E-state index is 12.2. The molecule has 0 aromatic rings. The van der Waals surface area contributed by atoms with Gasteiger partial charge in [-0.2, -0.15) is 0 Å². The van der Waals surface area contributed by atoms with Gasteiger partial charge in [0.25, 0.3) is 0 Å². The highest BCUT2D eigenvalue weighted by atomic mass is 16.4. The number of aliphatic carboxylic acids is 1. The van der Waals surface area contributed by atoms with Gasteiger partial charge in [0.15, 0.2) is 0 Å². The van der Waals surface area contributed by atoms with Crippen molar-refractivity contribution < 1.29 is 19.5 Å². The molecule has 3 N–H and O–H groups in total. The molecule has 7 nitrogen and oxygen atoms in total. The quantitative estimate of drug-likeness (QED) is 0.574. The van der Waals surface area contributed by atoms with E-state index in [2.05, 4.69) is 10.6 Å². The third-order valence-electron chi connectivity index (χ3n) is 2.78. The summed E-state index contributed by atoms with van der Waals surface area (Å²) in [6.45, 7) is 4.20. The summed E-state index contributed by atoms with van der Waals surface area (Å²) < 4.78 is 0. The van der Waals surface area contributed by atoms with Gasteiger partial charge in [0.2, 0.25) is 11.8 Å². The minimum atomic E-state index is -0.932. The van der Waals surface area contributed by atoms with Gasteiger partial charge in [-0.25, -0.2) is 0 Å². The maximum Gasteiger partial charge on any atom is 0.305 e. The molecular weight excluding hydrogens is 238 g/mol. The second-order valence-corrected chi connectivity index (χ2v) is 4.51. The first-order valence-corrected chi connectivity index (χ1v) is 5.94. The van der Waals surface area contributed by atoms with Gasteiger partial charge in [-0.1, -0.05) is 0 Å². The Morgan fingerprint density at radius 2 is 2.17 bits per heavy atom. The minimum Gasteiger partial charge on any atom is -0.481 e. The normalized spacial score (nSPS) is 19.5. The van der Waals surface area contributed by atoms with Crippen LogP contribution in [0.2, 0.25) is 0 Å². The highest BCUT2D eigenvalue weighted by Crippen LogP contribution is 2.05. The van der Waals surface area contributed by atoms with Crippen molar-refractivity contribution >= 4 is 17.8 Å². The predicted molar refractivity (Wildman–Crippen MR) is 63.9 cm³/mol. The second kappa shape index (κ2) is 6.34. The third kappa shape index (κ3) is 3.99. The Kier molecular flexibility index (Phi) is 5.08. The fourth-order valence-electron chi connectivity index (χ4n) is 1.78. The lowest BCUT2D eigenvalue weighted by atomic mass is 10.1. The molecule has 0 aromatic carbocycles. The van der Waals surface area contributed by atoms with Gasteiger partial charge in [0.1, 0.15) is 6.04 Å². The van der Waals surface area contributed by atoms with E-state index in [1.54, 1.807) is 0 Å². The van der Waals surface area contributed by atoms with Crippen LogP contribution >= 0.6 is 0 Å². The van der Waals surface area contributed by atoms with Crippen molar-refractivity contribution in [1.82, 2.24) is 15.5 Å². The number of piperazine rings is 1. The zero-order valence-electron chi connectivity index (χ0n) is 10.6. The van der Waals surface area contributed by atoms with E-state index in [0.29, 0.717) is 0 Å². The molecule has 1 unspecified atom stereocenters. The van der Waals surface area contributed by atoms with Crippen molar-refractivity contribution in [2.24, 2.45) is 0 Å². The molecule has 18 heavy (non-hydrogen) atoms. The Labute approximate surface area is 106 Å². The molecule has 1 saturated heterocycles. The lowest BCUT2D eigenvalue weighted by Crippen LogP contribution is -2.59. The molecule has 0 aliphatic carbocycles. The molecule has 0 bridgehead atoms. The molecule has 1 heterocycles. The Bertz CT molecular complexity index is 333. The Balaban J connectivity index is 2.58. The van der Waals surface area contributed by atoms with Crippen molar-refractivity contribution in [3.8, 4) is 0 Å². The summed E-state index contributed by atoms with van der Waals surface area (Å²) in [5, 5.41) is 14.1. The third-order valence-corrected chi connectivity index (χ3v) is 2.78. The van der Waals surface area contributed by atoms with Gasteiger partial charge in [-0.15, -0.1) is 0 Å². The number of carboxylic acid groups (broad SMARTS) is 1. The van der Waals surface area contributed by atoms with E-state index in [0.717, 1.165) is 0 Å². The second-order valence-electron chi connectivity index (χ2n) is 4.51. The SMILES string of the molecule is CC(C)N(CCC(=O)O)C(=O)C1CNC(=O)CN1. The molecule has 102 valence electrons. The molecule has 1 aliphatic heterocycles. The van der Waals surface area contributed by atoms with E-state index in [1.165, 1.54) is 4.90 Å². The number of hydrogen-bond donors (Lipinski definition) is 3. The van der Waals surface area contributed by atoms with Crippen LogP contribution in [0.5, 0.6) is 0 Å². The molecule has 1 aliphatic rings. The lowest BCUT2D eigenvalue weighted by molar-refractivity contribution is -0.140. The van der Waals surface area contributed by atoms with Crippen molar-refractivity contribution in [2.45, 2.75) is 32.4 Å². The molecule has 1 rings (SSSR count). The van der Waals surface area contributed by atoms with E-state index in [1.807, 2.05) is 13.8 Å². The first kappa shape index (κ1) is 14.4. The van der Waals surface area contributed by atoms with Crippen LogP contribution in [0.25, 0.3) is 0 Å². The van der Waals surface area contributed by atoms with E-state index in [4.69, 9.17) is 5.11 Å². The van der Waals surface area contributed by atoms with Crippen LogP contribution in [0, 0.1) is 0 Å². The summed E-state index contributed by atoms with van der Waals surface area (Å²) in [7, 11) is 0. The molecule has 0 saturated carbocycles. The lowest BCUT2D eigenvalue weighted by Gasteiger charge is -2.32. The smallest absolute Gasteiger partial charge is 0.305 e. The largest absolute Gasteiger partial charge is 0.481 e. The van der Waals surface area contributed by atoms with Gasteiger partial charge < -0.3 is 15.3 Å². The zero-order valence-corrected chi connectivity index (χ0v) is 10.6. The van der Waals surface area contributed by atoms with Crippen molar-refractivity contribution in [3.63, 3.8) is 0 Å². The van der Waals surface area contributed by atoms with Gasteiger partial charge in [-0.05, 0) is 13.8 Å². The Hall–Kier alpha value is -1.63. The van der Waals surface area contributed by atoms with Crippen LogP contribution in [0.1, 0.15) is 20.3 Å². The average molecular weight is 257 g/mol. The zero-order chi connectivity index (χ0) is 13.7. The number of nitrogens with zero attached hydrogens (tertiary/aromatic N) is 1. The highest BCUT2D eigenvalue weighted by Gasteiger charge is 2.29. The summed E-state index contributed by atoms with van der Waals surface area (Å²) in [5.41, 5.74) is 0. The summed E-state index contributed by atoms with van der Waals surface area (Å²) in [6, 6.07) is -0.546. The highest BCUT2D eigenvalue weighted by molar-refractivity contribution is 5.87. The van der Waals surface area contributed by atoms with E-state index < -0.39 is 12.0 Å². The van der Waals surface area contributed by atoms with Crippen LogP contribution in [0.15, 0.2) is 0 Å². The predicted octanol–water partition coefficient (Wildman–Crippen LogP) is -1.21. The molecule has 2 amide bonds. The fraction of sp³-hybridized carbons (Fsp3) is 0.727. The number of carbonyl (C=O) groups excluding carboxylic acids is 2. The summed E-state index contributed by atoms with van der Waals surface area (Å²) >= 11 is 0. The van der Waals surface area contributed by atoms with E-state index in [-0.39, 0.29) is 43.9 Å². The summed E-state index contributed by atoms with van der Waals surface area (Å²) in [5.74, 6) is -1.25. The number of hydrogen-bond acceptors (Lipinski definition) is 4. The van der Waals surface area contributed by atoms with E-state index >= 15 is 0 Å². The maximum atomic E-state index is 12.2. The first-order valence-electron chi connectivity index (χ1n) is 5.94. The summed E-state index contributed by atoms with van der Waals surface area (Å²) in [6.07, 6.45) is -0.0804.